The molecule has 3 N–H and O–H groups in total. The molecule has 1 saturated carbocycles. The average molecular weight is 294 g/mol. The molecular formula is C15H26N4O2. The Balaban J connectivity index is 2.17. The number of nitrogens with two attached hydrogens (primary N) is 1. The van der Waals surface area contributed by atoms with E-state index in [1.165, 1.54) is 37.3 Å². The Morgan fingerprint density at radius 1 is 1.29 bits per heavy atom. The van der Waals surface area contributed by atoms with Gasteiger partial charge in [0.25, 0.3) is 5.56 Å². The molecule has 0 radical (unpaired) electrons. The minimum atomic E-state index is -0.347. The van der Waals surface area contributed by atoms with Crippen molar-refractivity contribution in [3.8, 4) is 0 Å². The molecule has 1 heterocycles. The van der Waals surface area contributed by atoms with E-state index < -0.39 is 0 Å². The highest BCUT2D eigenvalue weighted by Crippen LogP contribution is 2.27. The summed E-state index contributed by atoms with van der Waals surface area (Å²) in [6, 6.07) is 0. The third-order valence-electron chi connectivity index (χ3n) is 4.36. The molecule has 6 nitrogen and oxygen atoms in total. The lowest BCUT2D eigenvalue weighted by Gasteiger charge is -2.16. The van der Waals surface area contributed by atoms with Crippen molar-refractivity contribution in [2.75, 3.05) is 17.6 Å². The van der Waals surface area contributed by atoms with E-state index in [9.17, 15) is 9.59 Å². The van der Waals surface area contributed by atoms with E-state index in [4.69, 9.17) is 5.73 Å². The van der Waals surface area contributed by atoms with Crippen molar-refractivity contribution < 1.29 is 0 Å². The first-order valence-electron chi connectivity index (χ1n) is 7.89. The number of anilines is 2. The zero-order chi connectivity index (χ0) is 15.4. The monoisotopic (exact) mass is 294 g/mol. The largest absolute Gasteiger partial charge is 0.383 e. The Hall–Kier alpha value is -1.72. The van der Waals surface area contributed by atoms with Crippen LogP contribution in [0.2, 0.25) is 0 Å². The first-order chi connectivity index (χ1) is 10.1. The van der Waals surface area contributed by atoms with Gasteiger partial charge in [-0.2, -0.15) is 0 Å². The van der Waals surface area contributed by atoms with E-state index in [0.717, 1.165) is 29.9 Å². The number of nitrogens with zero attached hydrogens (tertiary/aromatic N) is 2. The molecule has 1 aromatic rings. The fourth-order valence-corrected chi connectivity index (χ4v) is 3.09. The van der Waals surface area contributed by atoms with Crippen LogP contribution in [0, 0.1) is 5.92 Å². The zero-order valence-electron chi connectivity index (χ0n) is 13.0. The molecule has 2 rings (SSSR count). The molecule has 0 amide bonds. The second-order valence-electron chi connectivity index (χ2n) is 5.92. The smallest absolute Gasteiger partial charge is 0.332 e. The van der Waals surface area contributed by atoms with Gasteiger partial charge in [0, 0.05) is 20.1 Å². The van der Waals surface area contributed by atoms with E-state index in [-0.39, 0.29) is 17.1 Å². The standard InChI is InChI=1S/C15H26N4O2/c1-3-10-19-13(16)12(14(20)18(2)15(19)21)17-9-8-11-6-4-5-7-11/h11,17H,3-10,16H2,1-2H3. The number of hydrogen-bond acceptors (Lipinski definition) is 4. The minimum Gasteiger partial charge on any atom is -0.383 e. The Kier molecular flexibility index (Phi) is 5.09. The third-order valence-corrected chi connectivity index (χ3v) is 4.36. The summed E-state index contributed by atoms with van der Waals surface area (Å²) in [4.78, 5) is 24.3. The van der Waals surface area contributed by atoms with Gasteiger partial charge in [-0.15, -0.1) is 0 Å². The quantitative estimate of drug-likeness (QED) is 0.833. The van der Waals surface area contributed by atoms with Crippen LogP contribution in [0.4, 0.5) is 11.5 Å². The maximum atomic E-state index is 12.2. The molecule has 0 unspecified atom stereocenters. The van der Waals surface area contributed by atoms with Gasteiger partial charge in [0.2, 0.25) is 0 Å². The predicted molar refractivity (Wildman–Crippen MR) is 85.7 cm³/mol. The first-order valence-corrected chi connectivity index (χ1v) is 7.89. The van der Waals surface area contributed by atoms with Gasteiger partial charge in [0.15, 0.2) is 0 Å². The normalized spacial score (nSPS) is 15.5. The number of rotatable bonds is 6. The van der Waals surface area contributed by atoms with Gasteiger partial charge in [0.05, 0.1) is 0 Å². The van der Waals surface area contributed by atoms with Crippen LogP contribution in [0.1, 0.15) is 45.4 Å². The van der Waals surface area contributed by atoms with E-state index in [0.29, 0.717) is 12.2 Å². The Morgan fingerprint density at radius 3 is 2.57 bits per heavy atom. The number of nitrogens with one attached hydrogen (secondary N) is 1. The molecule has 0 spiro atoms. The van der Waals surface area contributed by atoms with Crippen LogP contribution in [0.5, 0.6) is 0 Å². The summed E-state index contributed by atoms with van der Waals surface area (Å²) >= 11 is 0. The van der Waals surface area contributed by atoms with Crippen molar-refractivity contribution in [1.29, 1.82) is 0 Å². The molecule has 1 aliphatic rings. The van der Waals surface area contributed by atoms with Crippen LogP contribution in [0.3, 0.4) is 0 Å². The van der Waals surface area contributed by atoms with Crippen molar-refractivity contribution in [1.82, 2.24) is 9.13 Å². The van der Waals surface area contributed by atoms with Crippen molar-refractivity contribution in [3.63, 3.8) is 0 Å². The fraction of sp³-hybridized carbons (Fsp3) is 0.733. The highest BCUT2D eigenvalue weighted by molar-refractivity contribution is 5.60. The molecule has 0 saturated heterocycles. The molecular weight excluding hydrogens is 268 g/mol. The molecule has 0 bridgehead atoms. The maximum Gasteiger partial charge on any atom is 0.332 e. The molecule has 0 atom stereocenters. The van der Waals surface area contributed by atoms with Crippen LogP contribution in [0.15, 0.2) is 9.59 Å². The molecule has 1 aliphatic carbocycles. The van der Waals surface area contributed by atoms with Crippen molar-refractivity contribution >= 4 is 11.5 Å². The highest BCUT2D eigenvalue weighted by atomic mass is 16.2. The topological polar surface area (TPSA) is 82.0 Å². The van der Waals surface area contributed by atoms with Crippen molar-refractivity contribution in [3.05, 3.63) is 20.8 Å². The summed E-state index contributed by atoms with van der Waals surface area (Å²) in [5, 5.41) is 3.16. The number of nitrogen functional groups attached to an aromatic ring is 1. The average Bonchev–Trinajstić information content (AvgIpc) is 2.98. The highest BCUT2D eigenvalue weighted by Gasteiger charge is 2.17. The van der Waals surface area contributed by atoms with Crippen molar-refractivity contribution in [2.45, 2.75) is 52.0 Å². The van der Waals surface area contributed by atoms with E-state index in [1.807, 2.05) is 6.92 Å². The van der Waals surface area contributed by atoms with Gasteiger partial charge in [-0.3, -0.25) is 13.9 Å². The number of aromatic nitrogens is 2. The summed E-state index contributed by atoms with van der Waals surface area (Å²) < 4.78 is 2.60. The van der Waals surface area contributed by atoms with Gasteiger partial charge in [0.1, 0.15) is 11.5 Å². The SMILES string of the molecule is CCCn1c(N)c(NCCC2CCCC2)c(=O)n(C)c1=O. The van der Waals surface area contributed by atoms with Crippen molar-refractivity contribution in [2.24, 2.45) is 13.0 Å². The molecule has 0 aliphatic heterocycles. The van der Waals surface area contributed by atoms with Crippen LogP contribution < -0.4 is 22.3 Å². The molecule has 1 fully saturated rings. The van der Waals surface area contributed by atoms with E-state index in [1.54, 1.807) is 0 Å². The Labute approximate surface area is 125 Å². The fourth-order valence-electron chi connectivity index (χ4n) is 3.09. The summed E-state index contributed by atoms with van der Waals surface area (Å²) in [6.45, 7) is 3.23. The molecule has 21 heavy (non-hydrogen) atoms. The predicted octanol–water partition coefficient (Wildman–Crippen LogP) is 1.53. The molecule has 6 heteroatoms. The van der Waals surface area contributed by atoms with E-state index >= 15 is 0 Å². The summed E-state index contributed by atoms with van der Waals surface area (Å²) in [6.07, 6.45) is 7.04. The van der Waals surface area contributed by atoms with Gasteiger partial charge < -0.3 is 11.1 Å². The first kappa shape index (κ1) is 15.7. The summed E-state index contributed by atoms with van der Waals surface area (Å²) in [5.41, 5.74) is 5.70. The minimum absolute atomic E-state index is 0.261. The summed E-state index contributed by atoms with van der Waals surface area (Å²) in [7, 11) is 1.50. The second-order valence-corrected chi connectivity index (χ2v) is 5.92. The number of hydrogen-bond donors (Lipinski definition) is 2. The Morgan fingerprint density at radius 2 is 1.95 bits per heavy atom. The van der Waals surface area contributed by atoms with Gasteiger partial charge in [-0.05, 0) is 18.8 Å². The lowest BCUT2D eigenvalue weighted by atomic mass is 10.0. The van der Waals surface area contributed by atoms with Crippen LogP contribution in [-0.4, -0.2) is 15.7 Å². The third kappa shape index (κ3) is 3.31. The van der Waals surface area contributed by atoms with Gasteiger partial charge in [-0.1, -0.05) is 32.6 Å². The molecule has 1 aromatic heterocycles. The van der Waals surface area contributed by atoms with Gasteiger partial charge in [-0.25, -0.2) is 4.79 Å². The summed E-state index contributed by atoms with van der Waals surface area (Å²) in [5.74, 6) is 1.01. The van der Waals surface area contributed by atoms with Crippen LogP contribution in [0.25, 0.3) is 0 Å². The maximum absolute atomic E-state index is 12.2. The zero-order valence-corrected chi connectivity index (χ0v) is 13.0. The van der Waals surface area contributed by atoms with Crippen LogP contribution >= 0.6 is 0 Å². The molecule has 118 valence electrons. The van der Waals surface area contributed by atoms with Gasteiger partial charge >= 0.3 is 5.69 Å². The van der Waals surface area contributed by atoms with Crippen LogP contribution in [-0.2, 0) is 13.6 Å². The van der Waals surface area contributed by atoms with E-state index in [2.05, 4.69) is 5.32 Å². The molecule has 0 aromatic carbocycles. The lowest BCUT2D eigenvalue weighted by Crippen LogP contribution is -2.40. The Bertz CT molecular complexity index is 597. The lowest BCUT2D eigenvalue weighted by molar-refractivity contribution is 0.518. The second kappa shape index (κ2) is 6.83.